The fraction of sp³-hybridized carbons (Fsp3) is 0.684. The van der Waals surface area contributed by atoms with Crippen molar-refractivity contribution in [1.82, 2.24) is 0 Å². The van der Waals surface area contributed by atoms with Crippen LogP contribution in [-0.4, -0.2) is 12.1 Å². The lowest BCUT2D eigenvalue weighted by Gasteiger charge is -2.56. The van der Waals surface area contributed by atoms with E-state index in [9.17, 15) is 9.59 Å². The highest BCUT2D eigenvalue weighted by molar-refractivity contribution is 5.80. The van der Waals surface area contributed by atoms with Gasteiger partial charge in [0.05, 0.1) is 11.8 Å². The Morgan fingerprint density at radius 3 is 2.77 bits per heavy atom. The van der Waals surface area contributed by atoms with Crippen LogP contribution in [0.25, 0.3) is 0 Å². The van der Waals surface area contributed by atoms with E-state index in [1.165, 1.54) is 19.3 Å². The van der Waals surface area contributed by atoms with Crippen LogP contribution in [0.5, 0.6) is 0 Å². The molecule has 0 aliphatic heterocycles. The molecule has 2 fully saturated rings. The van der Waals surface area contributed by atoms with E-state index in [2.05, 4.69) is 20.8 Å². The molecule has 1 heterocycles. The molecule has 0 amide bonds. The third-order valence-corrected chi connectivity index (χ3v) is 6.45. The zero-order valence-corrected chi connectivity index (χ0v) is 13.9. The number of Topliss-reactive ketones (excluding diaryl/α,β-unsaturated/α-hetero) is 1. The minimum absolute atomic E-state index is 0.169. The molecule has 2 saturated carbocycles. The SMILES string of the molecule is CC1(C)CCC[C@]2(C)[C@@H](Cc3occc3C=O)CC(=O)C[C@@H]12. The van der Waals surface area contributed by atoms with Crippen LogP contribution in [-0.2, 0) is 11.2 Å². The van der Waals surface area contributed by atoms with Gasteiger partial charge >= 0.3 is 0 Å². The molecule has 3 nitrogen and oxygen atoms in total. The smallest absolute Gasteiger partial charge is 0.153 e. The predicted octanol–water partition coefficient (Wildman–Crippen LogP) is 4.45. The summed E-state index contributed by atoms with van der Waals surface area (Å²) in [5.74, 6) is 1.84. The van der Waals surface area contributed by atoms with Crippen LogP contribution in [0.2, 0.25) is 0 Å². The zero-order valence-electron chi connectivity index (χ0n) is 13.9. The number of rotatable bonds is 3. The molecule has 3 atom stereocenters. The first-order valence-electron chi connectivity index (χ1n) is 8.40. The number of carbonyl (C=O) groups is 2. The zero-order chi connectivity index (χ0) is 16.0. The summed E-state index contributed by atoms with van der Waals surface area (Å²) in [6, 6.07) is 1.72. The van der Waals surface area contributed by atoms with Gasteiger partial charge in [-0.25, -0.2) is 0 Å². The lowest BCUT2D eigenvalue weighted by Crippen LogP contribution is -2.51. The van der Waals surface area contributed by atoms with Gasteiger partial charge < -0.3 is 4.42 Å². The van der Waals surface area contributed by atoms with Crippen molar-refractivity contribution in [2.45, 2.75) is 59.3 Å². The molecule has 120 valence electrons. The van der Waals surface area contributed by atoms with Gasteiger partial charge in [0.1, 0.15) is 11.5 Å². The molecule has 22 heavy (non-hydrogen) atoms. The number of carbonyl (C=O) groups excluding carboxylic acids is 2. The van der Waals surface area contributed by atoms with Crippen LogP contribution in [0, 0.1) is 22.7 Å². The van der Waals surface area contributed by atoms with E-state index in [4.69, 9.17) is 4.42 Å². The standard InChI is InChI=1S/C19H26O3/c1-18(2)6-4-7-19(3)14(9-15(21)11-17(18)19)10-16-13(12-20)5-8-22-16/h5,8,12,14,17H,4,6-7,9-11H2,1-3H3/t14-,17+,19-/m1/s1. The molecule has 3 heteroatoms. The second kappa shape index (κ2) is 5.36. The summed E-state index contributed by atoms with van der Waals surface area (Å²) in [6.07, 6.45) is 8.09. The summed E-state index contributed by atoms with van der Waals surface area (Å²) >= 11 is 0. The second-order valence-corrected chi connectivity index (χ2v) is 8.17. The van der Waals surface area contributed by atoms with Gasteiger partial charge in [-0.05, 0) is 41.6 Å². The lowest BCUT2D eigenvalue weighted by atomic mass is 9.47. The van der Waals surface area contributed by atoms with E-state index in [0.717, 1.165) is 18.5 Å². The highest BCUT2D eigenvalue weighted by atomic mass is 16.3. The maximum absolute atomic E-state index is 12.3. The van der Waals surface area contributed by atoms with Crippen molar-refractivity contribution in [3.63, 3.8) is 0 Å². The summed E-state index contributed by atoms with van der Waals surface area (Å²) in [5, 5.41) is 0. The molecule has 2 aliphatic carbocycles. The van der Waals surface area contributed by atoms with Crippen LogP contribution in [0.1, 0.15) is 69.0 Å². The van der Waals surface area contributed by atoms with Gasteiger partial charge in [-0.2, -0.15) is 0 Å². The molecule has 0 spiro atoms. The highest BCUT2D eigenvalue weighted by Crippen LogP contribution is 2.59. The average molecular weight is 302 g/mol. The largest absolute Gasteiger partial charge is 0.469 e. The topological polar surface area (TPSA) is 47.3 Å². The van der Waals surface area contributed by atoms with Gasteiger partial charge in [-0.15, -0.1) is 0 Å². The Morgan fingerprint density at radius 2 is 2.05 bits per heavy atom. The van der Waals surface area contributed by atoms with Gasteiger partial charge in [0.25, 0.3) is 0 Å². The van der Waals surface area contributed by atoms with E-state index in [1.54, 1.807) is 12.3 Å². The Morgan fingerprint density at radius 1 is 1.27 bits per heavy atom. The summed E-state index contributed by atoms with van der Waals surface area (Å²) in [7, 11) is 0. The third kappa shape index (κ3) is 2.45. The van der Waals surface area contributed by atoms with Crippen molar-refractivity contribution < 1.29 is 14.0 Å². The quantitative estimate of drug-likeness (QED) is 0.775. The second-order valence-electron chi connectivity index (χ2n) is 8.17. The number of hydrogen-bond donors (Lipinski definition) is 0. The Balaban J connectivity index is 1.92. The van der Waals surface area contributed by atoms with E-state index < -0.39 is 0 Å². The van der Waals surface area contributed by atoms with Gasteiger partial charge in [0.2, 0.25) is 0 Å². The Bertz CT molecular complexity index is 583. The first-order valence-corrected chi connectivity index (χ1v) is 8.40. The molecule has 0 saturated heterocycles. The first kappa shape index (κ1) is 15.5. The minimum atomic E-state index is 0.169. The highest BCUT2D eigenvalue weighted by Gasteiger charge is 2.53. The van der Waals surface area contributed by atoms with E-state index in [1.807, 2.05) is 0 Å². The molecule has 2 aliphatic rings. The third-order valence-electron chi connectivity index (χ3n) is 6.45. The number of hydrogen-bond acceptors (Lipinski definition) is 3. The van der Waals surface area contributed by atoms with Crippen molar-refractivity contribution >= 4 is 12.1 Å². The maximum Gasteiger partial charge on any atom is 0.153 e. The molecule has 1 aromatic rings. The van der Waals surface area contributed by atoms with E-state index >= 15 is 0 Å². The van der Waals surface area contributed by atoms with Gasteiger partial charge in [-0.1, -0.05) is 27.2 Å². The molecule has 3 rings (SSSR count). The maximum atomic E-state index is 12.3. The summed E-state index contributed by atoms with van der Waals surface area (Å²) in [5.41, 5.74) is 1.02. The van der Waals surface area contributed by atoms with Crippen molar-refractivity contribution in [2.24, 2.45) is 22.7 Å². The van der Waals surface area contributed by atoms with Crippen LogP contribution in [0.15, 0.2) is 16.7 Å². The average Bonchev–Trinajstić information content (AvgIpc) is 2.88. The van der Waals surface area contributed by atoms with Gasteiger partial charge in [0, 0.05) is 19.3 Å². The summed E-state index contributed by atoms with van der Waals surface area (Å²) in [6.45, 7) is 6.99. The van der Waals surface area contributed by atoms with E-state index in [-0.39, 0.29) is 16.7 Å². The molecular weight excluding hydrogens is 276 g/mol. The van der Waals surface area contributed by atoms with Crippen molar-refractivity contribution in [3.8, 4) is 0 Å². The lowest BCUT2D eigenvalue weighted by molar-refractivity contribution is -0.138. The predicted molar refractivity (Wildman–Crippen MR) is 84.8 cm³/mol. The van der Waals surface area contributed by atoms with Crippen LogP contribution < -0.4 is 0 Å². The molecule has 0 unspecified atom stereocenters. The minimum Gasteiger partial charge on any atom is -0.469 e. The molecule has 0 radical (unpaired) electrons. The number of fused-ring (bicyclic) bond motifs is 1. The Labute approximate surface area is 132 Å². The first-order chi connectivity index (χ1) is 10.4. The Kier molecular flexibility index (Phi) is 3.78. The Hall–Kier alpha value is -1.38. The van der Waals surface area contributed by atoms with Gasteiger partial charge in [-0.3, -0.25) is 9.59 Å². The number of ketones is 1. The summed E-state index contributed by atoms with van der Waals surface area (Å²) in [4.78, 5) is 23.5. The van der Waals surface area contributed by atoms with Crippen molar-refractivity contribution in [2.75, 3.05) is 0 Å². The van der Waals surface area contributed by atoms with Crippen LogP contribution in [0.3, 0.4) is 0 Å². The summed E-state index contributed by atoms with van der Waals surface area (Å²) < 4.78 is 5.53. The molecular formula is C19H26O3. The van der Waals surface area contributed by atoms with Gasteiger partial charge in [0.15, 0.2) is 6.29 Å². The number of furan rings is 1. The molecule has 1 aromatic heterocycles. The molecule has 0 aromatic carbocycles. The molecule has 0 bridgehead atoms. The fourth-order valence-corrected chi connectivity index (χ4v) is 5.13. The fourth-order valence-electron chi connectivity index (χ4n) is 5.13. The monoisotopic (exact) mass is 302 g/mol. The molecule has 0 N–H and O–H groups in total. The van der Waals surface area contributed by atoms with Crippen molar-refractivity contribution in [1.29, 1.82) is 0 Å². The van der Waals surface area contributed by atoms with Crippen molar-refractivity contribution in [3.05, 3.63) is 23.7 Å². The van der Waals surface area contributed by atoms with E-state index in [0.29, 0.717) is 30.1 Å². The van der Waals surface area contributed by atoms with Crippen LogP contribution in [0.4, 0.5) is 0 Å². The number of aldehydes is 1. The van der Waals surface area contributed by atoms with Crippen LogP contribution >= 0.6 is 0 Å². The normalized spacial score (nSPS) is 34.2.